The van der Waals surface area contributed by atoms with Gasteiger partial charge in [-0.25, -0.2) is 0 Å². The molecule has 1 aliphatic heterocycles. The van der Waals surface area contributed by atoms with E-state index in [1.54, 1.807) is 0 Å². The summed E-state index contributed by atoms with van der Waals surface area (Å²) in [4.78, 5) is 7.21. The van der Waals surface area contributed by atoms with Crippen LogP contribution in [0.3, 0.4) is 0 Å². The topological polar surface area (TPSA) is 47.9 Å². The Morgan fingerprint density at radius 3 is 2.25 bits per heavy atom. The minimum atomic E-state index is 0. The number of aliphatic imine (C=N–C) groups is 1. The van der Waals surface area contributed by atoms with Gasteiger partial charge in [0.05, 0.1) is 0 Å². The average molecular weight is 397 g/mol. The second kappa shape index (κ2) is 10.7. The molecular formula is C15H32IN3O. The van der Waals surface area contributed by atoms with E-state index in [4.69, 9.17) is 4.99 Å². The second-order valence-corrected chi connectivity index (χ2v) is 5.55. The molecule has 0 radical (unpaired) electrons. The van der Waals surface area contributed by atoms with Gasteiger partial charge in [0.15, 0.2) is 5.96 Å². The Morgan fingerprint density at radius 2 is 1.80 bits per heavy atom. The third kappa shape index (κ3) is 5.76. The molecule has 0 saturated carbocycles. The number of likely N-dealkylation sites (tertiary alicyclic amines) is 1. The van der Waals surface area contributed by atoms with Crippen molar-refractivity contribution in [2.24, 2.45) is 10.4 Å². The van der Waals surface area contributed by atoms with Gasteiger partial charge in [0.1, 0.15) is 0 Å². The van der Waals surface area contributed by atoms with E-state index in [1.807, 2.05) is 0 Å². The van der Waals surface area contributed by atoms with Crippen molar-refractivity contribution in [3.8, 4) is 0 Å². The first kappa shape index (κ1) is 20.0. The summed E-state index contributed by atoms with van der Waals surface area (Å²) in [6.07, 6.45) is 5.55. The molecule has 4 nitrogen and oxygen atoms in total. The number of halogens is 1. The summed E-state index contributed by atoms with van der Waals surface area (Å²) < 4.78 is 0. The van der Waals surface area contributed by atoms with Crippen molar-refractivity contribution >= 4 is 29.9 Å². The van der Waals surface area contributed by atoms with Crippen LogP contribution in [0, 0.1) is 5.41 Å². The fourth-order valence-corrected chi connectivity index (χ4v) is 2.74. The van der Waals surface area contributed by atoms with Crippen molar-refractivity contribution < 1.29 is 5.11 Å². The lowest BCUT2D eigenvalue weighted by molar-refractivity contribution is 0.175. The first-order valence-electron chi connectivity index (χ1n) is 7.85. The predicted octanol–water partition coefficient (Wildman–Crippen LogP) is 2.85. The molecule has 1 saturated heterocycles. The number of guanidine groups is 1. The number of aliphatic hydroxyl groups is 1. The van der Waals surface area contributed by atoms with Gasteiger partial charge in [-0.15, -0.1) is 24.0 Å². The molecule has 0 aromatic rings. The van der Waals surface area contributed by atoms with Crippen molar-refractivity contribution in [1.82, 2.24) is 10.2 Å². The number of hydrogen-bond donors (Lipinski definition) is 2. The van der Waals surface area contributed by atoms with Crippen LogP contribution in [0.5, 0.6) is 0 Å². The molecule has 1 rings (SSSR count). The van der Waals surface area contributed by atoms with Gasteiger partial charge in [-0.2, -0.15) is 0 Å². The maximum atomic E-state index is 9.27. The van der Waals surface area contributed by atoms with E-state index in [1.165, 1.54) is 12.8 Å². The zero-order valence-electron chi connectivity index (χ0n) is 13.3. The van der Waals surface area contributed by atoms with E-state index in [9.17, 15) is 5.11 Å². The summed E-state index contributed by atoms with van der Waals surface area (Å²) in [5.74, 6) is 1.06. The number of rotatable bonds is 7. The lowest BCUT2D eigenvalue weighted by atomic mass is 9.79. The van der Waals surface area contributed by atoms with Crippen molar-refractivity contribution in [1.29, 1.82) is 0 Å². The number of nitrogens with zero attached hydrogens (tertiary/aromatic N) is 2. The van der Waals surface area contributed by atoms with Crippen LogP contribution in [0.15, 0.2) is 4.99 Å². The molecule has 0 spiro atoms. The number of nitrogens with one attached hydrogen (secondary N) is 1. The van der Waals surface area contributed by atoms with Gasteiger partial charge in [0.25, 0.3) is 0 Å². The Bertz CT molecular complexity index is 274. The van der Waals surface area contributed by atoms with E-state index in [2.05, 4.69) is 31.0 Å². The highest BCUT2D eigenvalue weighted by Crippen LogP contribution is 2.30. The molecule has 0 unspecified atom stereocenters. The second-order valence-electron chi connectivity index (χ2n) is 5.55. The predicted molar refractivity (Wildman–Crippen MR) is 96.9 cm³/mol. The maximum absolute atomic E-state index is 9.27. The third-order valence-corrected chi connectivity index (χ3v) is 4.45. The van der Waals surface area contributed by atoms with Crippen LogP contribution in [0.1, 0.15) is 52.9 Å². The summed E-state index contributed by atoms with van der Waals surface area (Å²) in [5.41, 5.74) is 0.162. The van der Waals surface area contributed by atoms with Crippen molar-refractivity contribution in [2.45, 2.75) is 52.9 Å². The largest absolute Gasteiger partial charge is 0.396 e. The van der Waals surface area contributed by atoms with Crippen LogP contribution in [-0.4, -0.2) is 48.8 Å². The average Bonchev–Trinajstić information content (AvgIpc) is 2.96. The highest BCUT2D eigenvalue weighted by Gasteiger charge is 2.26. The molecular weight excluding hydrogens is 365 g/mol. The van der Waals surface area contributed by atoms with Crippen molar-refractivity contribution in [2.75, 3.05) is 32.8 Å². The van der Waals surface area contributed by atoms with E-state index in [0.29, 0.717) is 0 Å². The molecule has 0 aliphatic carbocycles. The summed E-state index contributed by atoms with van der Waals surface area (Å²) in [6, 6.07) is 0. The van der Waals surface area contributed by atoms with Crippen LogP contribution >= 0.6 is 24.0 Å². The van der Waals surface area contributed by atoms with Gasteiger partial charge in [-0.05, 0) is 44.4 Å². The first-order chi connectivity index (χ1) is 9.21. The maximum Gasteiger partial charge on any atom is 0.193 e. The van der Waals surface area contributed by atoms with Crippen LogP contribution in [0.4, 0.5) is 0 Å². The molecule has 0 amide bonds. The molecule has 0 bridgehead atoms. The monoisotopic (exact) mass is 397 g/mol. The van der Waals surface area contributed by atoms with E-state index >= 15 is 0 Å². The van der Waals surface area contributed by atoms with Crippen LogP contribution < -0.4 is 5.32 Å². The van der Waals surface area contributed by atoms with Crippen LogP contribution in [0.25, 0.3) is 0 Å². The van der Waals surface area contributed by atoms with Gasteiger partial charge >= 0.3 is 0 Å². The van der Waals surface area contributed by atoms with Crippen molar-refractivity contribution in [3.63, 3.8) is 0 Å². The Hall–Kier alpha value is -0.0400. The number of hydrogen-bond acceptors (Lipinski definition) is 2. The fourth-order valence-electron chi connectivity index (χ4n) is 2.74. The summed E-state index contributed by atoms with van der Waals surface area (Å²) in [6.45, 7) is 10.8. The zero-order chi connectivity index (χ0) is 14.1. The lowest BCUT2D eigenvalue weighted by Crippen LogP contribution is -2.40. The smallest absolute Gasteiger partial charge is 0.193 e. The molecule has 120 valence electrons. The summed E-state index contributed by atoms with van der Waals surface area (Å²) in [5, 5.41) is 12.7. The quantitative estimate of drug-likeness (QED) is 0.395. The lowest BCUT2D eigenvalue weighted by Gasteiger charge is -2.30. The molecule has 0 aromatic carbocycles. The van der Waals surface area contributed by atoms with Gasteiger partial charge < -0.3 is 15.3 Å². The van der Waals surface area contributed by atoms with Gasteiger partial charge in [0, 0.05) is 32.8 Å². The van der Waals surface area contributed by atoms with Crippen molar-refractivity contribution in [3.05, 3.63) is 0 Å². The third-order valence-electron chi connectivity index (χ3n) is 4.45. The SMILES string of the molecule is CCNC(=NCC(CC)(CC)CCO)N1CCCC1.I. The Labute approximate surface area is 141 Å². The van der Waals surface area contributed by atoms with E-state index in [0.717, 1.165) is 51.4 Å². The normalized spacial score (nSPS) is 16.2. The number of aliphatic hydroxyl groups excluding tert-OH is 1. The highest BCUT2D eigenvalue weighted by atomic mass is 127. The fraction of sp³-hybridized carbons (Fsp3) is 0.933. The van der Waals surface area contributed by atoms with E-state index in [-0.39, 0.29) is 36.0 Å². The molecule has 1 fully saturated rings. The summed E-state index contributed by atoms with van der Waals surface area (Å²) >= 11 is 0. The molecule has 20 heavy (non-hydrogen) atoms. The minimum absolute atomic E-state index is 0. The Balaban J connectivity index is 0.00000361. The van der Waals surface area contributed by atoms with Gasteiger partial charge in [-0.3, -0.25) is 4.99 Å². The van der Waals surface area contributed by atoms with Gasteiger partial charge in [-0.1, -0.05) is 13.8 Å². The Kier molecular flexibility index (Phi) is 10.6. The minimum Gasteiger partial charge on any atom is -0.396 e. The first-order valence-corrected chi connectivity index (χ1v) is 7.85. The molecule has 0 aromatic heterocycles. The van der Waals surface area contributed by atoms with Crippen LogP contribution in [-0.2, 0) is 0 Å². The standard InChI is InChI=1S/C15H31N3O.HI/c1-4-15(5-2,9-12-19)13-17-14(16-6-3)18-10-7-8-11-18;/h19H,4-13H2,1-3H3,(H,16,17);1H. The molecule has 1 heterocycles. The summed E-state index contributed by atoms with van der Waals surface area (Å²) in [7, 11) is 0. The highest BCUT2D eigenvalue weighted by molar-refractivity contribution is 14.0. The van der Waals surface area contributed by atoms with Gasteiger partial charge in [0.2, 0.25) is 0 Å². The molecule has 1 aliphatic rings. The zero-order valence-corrected chi connectivity index (χ0v) is 15.7. The molecule has 2 N–H and O–H groups in total. The molecule has 0 atom stereocenters. The van der Waals surface area contributed by atoms with Crippen LogP contribution in [0.2, 0.25) is 0 Å². The molecule has 5 heteroatoms. The van der Waals surface area contributed by atoms with E-state index < -0.39 is 0 Å². The Morgan fingerprint density at radius 1 is 1.20 bits per heavy atom.